The molecule has 3 aromatic rings. The van der Waals surface area contributed by atoms with Gasteiger partial charge in [-0.2, -0.15) is 5.26 Å². The van der Waals surface area contributed by atoms with Crippen LogP contribution in [0.3, 0.4) is 0 Å². The van der Waals surface area contributed by atoms with Crippen molar-refractivity contribution in [3.63, 3.8) is 0 Å². The summed E-state index contributed by atoms with van der Waals surface area (Å²) in [5.41, 5.74) is 5.15. The van der Waals surface area contributed by atoms with Crippen LogP contribution in [-0.2, 0) is 11.3 Å². The van der Waals surface area contributed by atoms with Crippen molar-refractivity contribution in [1.82, 2.24) is 9.80 Å². The highest BCUT2D eigenvalue weighted by molar-refractivity contribution is 8.19. The van der Waals surface area contributed by atoms with Crippen LogP contribution in [0, 0.1) is 11.3 Å². The maximum absolute atomic E-state index is 13.9. The van der Waals surface area contributed by atoms with E-state index in [1.165, 1.54) is 11.8 Å². The molecule has 0 radical (unpaired) electrons. The summed E-state index contributed by atoms with van der Waals surface area (Å²) in [6.07, 6.45) is 0. The summed E-state index contributed by atoms with van der Waals surface area (Å²) in [5.74, 6) is -0.0777. The second-order valence-electron chi connectivity index (χ2n) is 8.43. The topological polar surface area (TPSA) is 71.7 Å². The van der Waals surface area contributed by atoms with Crippen LogP contribution >= 0.6 is 23.5 Å². The number of rotatable bonds is 6. The van der Waals surface area contributed by atoms with Crippen LogP contribution in [0.4, 0.5) is 11.4 Å². The lowest BCUT2D eigenvalue weighted by atomic mass is 10.1. The first kappa shape index (κ1) is 24.8. The van der Waals surface area contributed by atoms with Gasteiger partial charge in [0.25, 0.3) is 5.91 Å². The Morgan fingerprint density at radius 2 is 1.76 bits per heavy atom. The Kier molecular flexibility index (Phi) is 7.35. The number of hydrogen-bond acceptors (Lipinski definition) is 7. The average Bonchev–Trinajstić information content (AvgIpc) is 3.45. The smallest absolute Gasteiger partial charge is 0.269 e. The van der Waals surface area contributed by atoms with Gasteiger partial charge >= 0.3 is 0 Å². The Hall–Kier alpha value is -3.93. The molecular weight excluding hydrogens is 498 g/mol. The minimum atomic E-state index is -0.0777. The highest BCUT2D eigenvalue weighted by Crippen LogP contribution is 2.46. The zero-order chi connectivity index (χ0) is 25.8. The Balaban J connectivity index is 1.55. The minimum absolute atomic E-state index is 0.0777. The van der Waals surface area contributed by atoms with E-state index in [1.54, 1.807) is 28.8 Å². The van der Waals surface area contributed by atoms with Gasteiger partial charge in [-0.3, -0.25) is 9.69 Å². The number of carbonyl (C=O) groups is 1. The Morgan fingerprint density at radius 3 is 2.46 bits per heavy atom. The molecule has 0 spiro atoms. The monoisotopic (exact) mass is 523 g/mol. The number of aliphatic imine (C=N–C) groups is 1. The van der Waals surface area contributed by atoms with Crippen molar-refractivity contribution in [2.75, 3.05) is 18.9 Å². The first-order chi connectivity index (χ1) is 18.1. The molecule has 5 rings (SSSR count). The van der Waals surface area contributed by atoms with Crippen LogP contribution in [0.15, 0.2) is 99.2 Å². The van der Waals surface area contributed by atoms with Crippen molar-refractivity contribution in [2.24, 2.45) is 4.99 Å². The van der Waals surface area contributed by atoms with E-state index in [2.05, 4.69) is 33.8 Å². The number of nitriles is 1. The Morgan fingerprint density at radius 1 is 1.03 bits per heavy atom. The van der Waals surface area contributed by atoms with Crippen molar-refractivity contribution in [3.05, 3.63) is 111 Å². The van der Waals surface area contributed by atoms with Gasteiger partial charge in [0, 0.05) is 19.0 Å². The fourth-order valence-corrected chi connectivity index (χ4v) is 6.36. The second kappa shape index (κ2) is 11.0. The molecule has 184 valence electrons. The Labute approximate surface area is 225 Å². The van der Waals surface area contributed by atoms with Crippen LogP contribution in [0.1, 0.15) is 23.6 Å². The largest absolute Gasteiger partial charge is 0.384 e. The van der Waals surface area contributed by atoms with E-state index in [9.17, 15) is 10.1 Å². The number of nitrogens with one attached hydrogen (secondary N) is 1. The molecule has 2 heterocycles. The second-order valence-corrected chi connectivity index (χ2v) is 10.3. The average molecular weight is 524 g/mol. The van der Waals surface area contributed by atoms with Gasteiger partial charge in [0.05, 0.1) is 40.3 Å². The third kappa shape index (κ3) is 5.15. The molecule has 6 nitrogen and oxygen atoms in total. The predicted octanol–water partition coefficient (Wildman–Crippen LogP) is 6.60. The number of amides is 1. The molecule has 0 atom stereocenters. The number of thioether (sulfide) groups is 2. The van der Waals surface area contributed by atoms with Crippen LogP contribution in [-0.4, -0.2) is 34.5 Å². The van der Waals surface area contributed by atoms with Crippen molar-refractivity contribution >= 4 is 51.7 Å². The quantitative estimate of drug-likeness (QED) is 0.367. The fourth-order valence-electron chi connectivity index (χ4n) is 4.12. The molecule has 8 heteroatoms. The molecule has 0 unspecified atom stereocenters. The Bertz CT molecular complexity index is 1460. The van der Waals surface area contributed by atoms with Gasteiger partial charge in [-0.15, -0.1) is 0 Å². The van der Waals surface area contributed by atoms with Gasteiger partial charge in [0.1, 0.15) is 4.91 Å². The third-order valence-corrected chi connectivity index (χ3v) is 8.21. The highest BCUT2D eigenvalue weighted by atomic mass is 32.2. The lowest BCUT2D eigenvalue weighted by Gasteiger charge is -2.19. The summed E-state index contributed by atoms with van der Waals surface area (Å²) in [5, 5.41) is 16.3. The standard InChI is InChI=1S/C29H25N5OS2/c1-3-31-23-15-14-21(17-30)16-24(23)32-29-34(18-20-10-6-4-7-11-20)27(35)26(37-29)28-33(2)25(19-36-28)22-12-8-5-9-13-22/h4-16,19,31H,3,18H2,1-2H3. The SMILES string of the molecule is CCNc1ccc(C#N)cc1N=C1SC(=C2SC=C(c3ccccc3)N2C)C(=O)N1Cc1ccccc1. The molecular formula is C29H25N5OS2. The minimum Gasteiger partial charge on any atom is -0.384 e. The first-order valence-electron chi connectivity index (χ1n) is 11.9. The van der Waals surface area contributed by atoms with E-state index < -0.39 is 0 Å². The zero-order valence-corrected chi connectivity index (χ0v) is 22.1. The van der Waals surface area contributed by atoms with E-state index in [0.717, 1.165) is 27.5 Å². The molecule has 0 aliphatic carbocycles. The number of hydrogen-bond donors (Lipinski definition) is 1. The highest BCUT2D eigenvalue weighted by Gasteiger charge is 2.38. The normalized spacial score (nSPS) is 18.4. The molecule has 1 saturated heterocycles. The van der Waals surface area contributed by atoms with E-state index in [-0.39, 0.29) is 5.91 Å². The predicted molar refractivity (Wildman–Crippen MR) is 154 cm³/mol. The van der Waals surface area contributed by atoms with Gasteiger partial charge in [-0.25, -0.2) is 4.99 Å². The molecule has 2 aliphatic heterocycles. The molecule has 37 heavy (non-hydrogen) atoms. The summed E-state index contributed by atoms with van der Waals surface area (Å²) < 4.78 is 0. The third-order valence-electron chi connectivity index (χ3n) is 5.97. The summed E-state index contributed by atoms with van der Waals surface area (Å²) in [6, 6.07) is 27.6. The molecule has 1 fully saturated rings. The lowest BCUT2D eigenvalue weighted by Crippen LogP contribution is -2.29. The van der Waals surface area contributed by atoms with Gasteiger partial charge < -0.3 is 10.2 Å². The molecule has 0 aromatic heterocycles. The van der Waals surface area contributed by atoms with Crippen molar-refractivity contribution in [3.8, 4) is 6.07 Å². The van der Waals surface area contributed by atoms with Crippen LogP contribution < -0.4 is 5.32 Å². The van der Waals surface area contributed by atoms with Crippen molar-refractivity contribution in [1.29, 1.82) is 5.26 Å². The molecule has 0 saturated carbocycles. The first-order valence-corrected chi connectivity index (χ1v) is 13.6. The summed E-state index contributed by atoms with van der Waals surface area (Å²) in [7, 11) is 1.99. The number of carbonyl (C=O) groups excluding carboxylic acids is 1. The number of amidine groups is 1. The van der Waals surface area contributed by atoms with E-state index in [4.69, 9.17) is 4.99 Å². The summed E-state index contributed by atoms with van der Waals surface area (Å²) >= 11 is 2.93. The van der Waals surface area contributed by atoms with Crippen LogP contribution in [0.5, 0.6) is 0 Å². The van der Waals surface area contributed by atoms with Gasteiger partial charge in [-0.05, 0) is 48.0 Å². The number of benzene rings is 3. The maximum atomic E-state index is 13.9. The van der Waals surface area contributed by atoms with Gasteiger partial charge in [-0.1, -0.05) is 72.4 Å². The number of anilines is 1. The molecule has 1 amide bonds. The van der Waals surface area contributed by atoms with Crippen molar-refractivity contribution in [2.45, 2.75) is 13.5 Å². The van der Waals surface area contributed by atoms with E-state index in [1.807, 2.05) is 68.6 Å². The summed E-state index contributed by atoms with van der Waals surface area (Å²) in [4.78, 5) is 23.2. The maximum Gasteiger partial charge on any atom is 0.269 e. The van der Waals surface area contributed by atoms with Crippen LogP contribution in [0.25, 0.3) is 5.70 Å². The number of nitrogens with zero attached hydrogens (tertiary/aromatic N) is 4. The lowest BCUT2D eigenvalue weighted by molar-refractivity contribution is -0.122. The summed E-state index contributed by atoms with van der Waals surface area (Å²) in [6.45, 7) is 3.13. The molecule has 3 aromatic carbocycles. The fraction of sp³-hybridized carbons (Fsp3) is 0.138. The van der Waals surface area contributed by atoms with E-state index >= 15 is 0 Å². The molecule has 1 N–H and O–H groups in total. The van der Waals surface area contributed by atoms with E-state index in [0.29, 0.717) is 34.4 Å². The van der Waals surface area contributed by atoms with Gasteiger partial charge in [0.15, 0.2) is 5.17 Å². The van der Waals surface area contributed by atoms with Gasteiger partial charge in [0.2, 0.25) is 0 Å². The molecule has 0 bridgehead atoms. The van der Waals surface area contributed by atoms with Crippen LogP contribution in [0.2, 0.25) is 0 Å². The zero-order valence-electron chi connectivity index (χ0n) is 20.5. The van der Waals surface area contributed by atoms with Crippen molar-refractivity contribution < 1.29 is 4.79 Å². The molecule has 2 aliphatic rings.